The van der Waals surface area contributed by atoms with Crippen LogP contribution in [-0.4, -0.2) is 69.2 Å². The molecule has 0 amide bonds. The fourth-order valence-corrected chi connectivity index (χ4v) is 5.24. The predicted molar refractivity (Wildman–Crippen MR) is 256 cm³/mol. The molecule has 1 atom stereocenters. The molecule has 1 unspecified atom stereocenters. The molecule has 65 heavy (non-hydrogen) atoms. The quantitative estimate of drug-likeness (QED) is 0.0380. The minimum Gasteiger partial charge on any atom is -0.496 e. The maximum absolute atomic E-state index is 11.5. The molecule has 4 rings (SSSR count). The standard InChI is InChI=1S/C19H22O3.C18H30O8.2C6H6.C3H6O.CH4/c1-12-10-16(6-8-18(12)21-5)14(3)17-7-9-19(13(2)11-17)22-15(4)20;1-15(19)23-11-5-7-13-25-17(21)9-3-4-10-18(22)26-14-8-6-12-24-16(2)20;2*1-2-4-6-5-3-1;1-3(2)4;/h6-11,14H,1-5H3;3-14H2,1-2H3;2*1-6H;1-2H3;1H4. The van der Waals surface area contributed by atoms with Crippen LogP contribution in [0.1, 0.15) is 129 Å². The van der Waals surface area contributed by atoms with E-state index in [-0.39, 0.29) is 61.8 Å². The second-order valence-corrected chi connectivity index (χ2v) is 14.5. The Labute approximate surface area is 388 Å². The molecule has 0 aliphatic rings. The van der Waals surface area contributed by atoms with E-state index in [2.05, 4.69) is 25.1 Å². The van der Waals surface area contributed by atoms with Crippen molar-refractivity contribution in [3.05, 3.63) is 131 Å². The molecule has 0 spiro atoms. The van der Waals surface area contributed by atoms with Gasteiger partial charge in [-0.15, -0.1) is 0 Å². The van der Waals surface area contributed by atoms with Gasteiger partial charge in [-0.2, -0.15) is 0 Å². The lowest BCUT2D eigenvalue weighted by molar-refractivity contribution is -0.146. The lowest BCUT2D eigenvalue weighted by Gasteiger charge is -2.16. The van der Waals surface area contributed by atoms with Gasteiger partial charge in [0.25, 0.3) is 0 Å². The van der Waals surface area contributed by atoms with E-state index in [1.165, 1.54) is 45.7 Å². The smallest absolute Gasteiger partial charge is 0.308 e. The molecule has 0 aliphatic heterocycles. The van der Waals surface area contributed by atoms with E-state index in [4.69, 9.17) is 28.4 Å². The van der Waals surface area contributed by atoms with Gasteiger partial charge in [-0.05, 0) is 101 Å². The number of ketones is 1. The third-order valence-electron chi connectivity index (χ3n) is 8.43. The van der Waals surface area contributed by atoms with Crippen LogP contribution in [-0.2, 0) is 47.7 Å². The third-order valence-corrected chi connectivity index (χ3v) is 8.43. The van der Waals surface area contributed by atoms with Gasteiger partial charge >= 0.3 is 29.8 Å². The Hall–Kier alpha value is -6.30. The van der Waals surface area contributed by atoms with E-state index >= 15 is 0 Å². The van der Waals surface area contributed by atoms with Gasteiger partial charge in [-0.1, -0.05) is 111 Å². The van der Waals surface area contributed by atoms with E-state index < -0.39 is 0 Å². The summed E-state index contributed by atoms with van der Waals surface area (Å²) in [6, 6.07) is 36.2. The predicted octanol–water partition coefficient (Wildman–Crippen LogP) is 11.3. The maximum atomic E-state index is 11.5. The zero-order valence-corrected chi connectivity index (χ0v) is 39.4. The van der Waals surface area contributed by atoms with Gasteiger partial charge in [0.1, 0.15) is 17.3 Å². The Balaban J connectivity index is 0. The van der Waals surface area contributed by atoms with Gasteiger partial charge in [-0.25, -0.2) is 0 Å². The number of methoxy groups -OCH3 is 1. The molecule has 0 radical (unpaired) electrons. The average molecular weight is 903 g/mol. The highest BCUT2D eigenvalue weighted by molar-refractivity contribution is 5.72. The minimum atomic E-state index is -0.317. The molecule has 0 bridgehead atoms. The van der Waals surface area contributed by atoms with Crippen molar-refractivity contribution < 1.29 is 57.2 Å². The molecule has 12 nitrogen and oxygen atoms in total. The number of aryl methyl sites for hydroxylation is 2. The number of carbonyl (C=O) groups is 6. The summed E-state index contributed by atoms with van der Waals surface area (Å²) in [5.74, 6) is 0.425. The van der Waals surface area contributed by atoms with Gasteiger partial charge in [0, 0.05) is 39.5 Å². The SMILES string of the molecule is C.CC(=O)OCCCCOC(=O)CCCCC(=O)OCCCCOC(C)=O.CC(C)=O.COc1ccc(C(C)c2ccc(OC(C)=O)c(C)c2)cc1C.c1ccccc1.c1ccccc1. The summed E-state index contributed by atoms with van der Waals surface area (Å²) in [4.78, 5) is 64.6. The molecule has 4 aromatic rings. The lowest BCUT2D eigenvalue weighted by Crippen LogP contribution is -2.09. The van der Waals surface area contributed by atoms with Crippen LogP contribution >= 0.6 is 0 Å². The molecule has 0 N–H and O–H groups in total. The number of carbonyl (C=O) groups excluding carboxylic acids is 6. The number of benzene rings is 4. The highest BCUT2D eigenvalue weighted by Crippen LogP contribution is 2.31. The van der Waals surface area contributed by atoms with Crippen molar-refractivity contribution in [2.24, 2.45) is 0 Å². The third kappa shape index (κ3) is 35.8. The second-order valence-electron chi connectivity index (χ2n) is 14.5. The number of hydrogen-bond donors (Lipinski definition) is 0. The first-order chi connectivity index (χ1) is 30.6. The van der Waals surface area contributed by atoms with Crippen molar-refractivity contribution in [2.45, 2.75) is 120 Å². The Morgan fingerprint density at radius 2 is 0.769 bits per heavy atom. The lowest BCUT2D eigenvalue weighted by atomic mass is 9.91. The van der Waals surface area contributed by atoms with Crippen LogP contribution in [0.15, 0.2) is 109 Å². The number of ether oxygens (including phenoxy) is 6. The zero-order valence-electron chi connectivity index (χ0n) is 39.4. The van der Waals surface area contributed by atoms with Crippen LogP contribution in [0.4, 0.5) is 0 Å². The number of Topliss-reactive ketones (excluding diaryl/α,β-unsaturated/α-hetero) is 1. The van der Waals surface area contributed by atoms with Gasteiger partial charge in [0.2, 0.25) is 0 Å². The first kappa shape index (κ1) is 60.8. The normalized spacial score (nSPS) is 9.92. The van der Waals surface area contributed by atoms with Crippen LogP contribution in [0.5, 0.6) is 11.5 Å². The maximum Gasteiger partial charge on any atom is 0.308 e. The fourth-order valence-electron chi connectivity index (χ4n) is 5.24. The largest absolute Gasteiger partial charge is 0.496 e. The first-order valence-corrected chi connectivity index (χ1v) is 21.6. The summed E-state index contributed by atoms with van der Waals surface area (Å²) in [5, 5.41) is 0. The summed E-state index contributed by atoms with van der Waals surface area (Å²) in [6.45, 7) is 14.6. The van der Waals surface area contributed by atoms with Crippen LogP contribution < -0.4 is 9.47 Å². The number of esters is 5. The van der Waals surface area contributed by atoms with E-state index in [0.717, 1.165) is 16.9 Å². The molecule has 0 aromatic heterocycles. The molecule has 0 saturated heterocycles. The van der Waals surface area contributed by atoms with Gasteiger partial charge in [-0.3, -0.25) is 24.0 Å². The topological polar surface area (TPSA) is 158 Å². The Kier molecular flexibility index (Phi) is 36.8. The molecule has 4 aromatic carbocycles. The minimum absolute atomic E-state index is 0. The van der Waals surface area contributed by atoms with Crippen molar-refractivity contribution in [3.8, 4) is 11.5 Å². The monoisotopic (exact) mass is 903 g/mol. The molecule has 0 heterocycles. The highest BCUT2D eigenvalue weighted by Gasteiger charge is 2.13. The summed E-state index contributed by atoms with van der Waals surface area (Å²) < 4.78 is 30.1. The van der Waals surface area contributed by atoms with Crippen molar-refractivity contribution in [1.82, 2.24) is 0 Å². The number of unbranched alkanes of at least 4 members (excludes halogenated alkanes) is 3. The van der Waals surface area contributed by atoms with E-state index in [0.29, 0.717) is 70.7 Å². The highest BCUT2D eigenvalue weighted by atomic mass is 16.5. The number of rotatable bonds is 19. The summed E-state index contributed by atoms with van der Waals surface area (Å²) >= 11 is 0. The Bertz CT molecular complexity index is 1760. The average Bonchev–Trinajstić information content (AvgIpc) is 3.26. The first-order valence-electron chi connectivity index (χ1n) is 21.6. The number of hydrogen-bond acceptors (Lipinski definition) is 12. The van der Waals surface area contributed by atoms with Crippen LogP contribution in [0.2, 0.25) is 0 Å². The molecule has 0 saturated carbocycles. The fraction of sp³-hybridized carbons (Fsp3) is 0.434. The molecule has 0 fully saturated rings. The van der Waals surface area contributed by atoms with Crippen LogP contribution in [0.3, 0.4) is 0 Å². The second kappa shape index (κ2) is 39.3. The van der Waals surface area contributed by atoms with Crippen molar-refractivity contribution >= 4 is 35.6 Å². The summed E-state index contributed by atoms with van der Waals surface area (Å²) in [6.07, 6.45) is 4.24. The molecule has 12 heteroatoms. The van der Waals surface area contributed by atoms with E-state index in [1.54, 1.807) is 7.11 Å². The summed E-state index contributed by atoms with van der Waals surface area (Å²) in [5.41, 5.74) is 4.51. The molecule has 0 aliphatic carbocycles. The molecular formula is C53H74O12. The van der Waals surface area contributed by atoms with Crippen LogP contribution in [0.25, 0.3) is 0 Å². The zero-order chi connectivity index (χ0) is 48.0. The van der Waals surface area contributed by atoms with Gasteiger partial charge in [0.15, 0.2) is 0 Å². The van der Waals surface area contributed by atoms with Gasteiger partial charge < -0.3 is 33.2 Å². The van der Waals surface area contributed by atoms with Crippen molar-refractivity contribution in [2.75, 3.05) is 33.5 Å². The van der Waals surface area contributed by atoms with E-state index in [1.807, 2.05) is 105 Å². The van der Waals surface area contributed by atoms with Gasteiger partial charge in [0.05, 0.1) is 33.5 Å². The van der Waals surface area contributed by atoms with Crippen molar-refractivity contribution in [1.29, 1.82) is 0 Å². The molecule has 358 valence electrons. The summed E-state index contributed by atoms with van der Waals surface area (Å²) in [7, 11) is 1.68. The van der Waals surface area contributed by atoms with E-state index in [9.17, 15) is 28.8 Å². The molecular weight excluding hydrogens is 829 g/mol. The van der Waals surface area contributed by atoms with Crippen LogP contribution in [0, 0.1) is 13.8 Å². The Morgan fingerprint density at radius 3 is 1.05 bits per heavy atom. The van der Waals surface area contributed by atoms with Crippen molar-refractivity contribution in [3.63, 3.8) is 0 Å². The Morgan fingerprint density at radius 1 is 0.462 bits per heavy atom.